The Morgan fingerprint density at radius 3 is 2.73 bits per heavy atom. The van der Waals surface area contributed by atoms with Gasteiger partial charge in [0.1, 0.15) is 11.4 Å². The van der Waals surface area contributed by atoms with Crippen LogP contribution in [0.1, 0.15) is 60.7 Å². The Bertz CT molecular complexity index is 807. The van der Waals surface area contributed by atoms with Crippen LogP contribution in [-0.4, -0.2) is 17.7 Å². The Morgan fingerprint density at radius 2 is 2.00 bits per heavy atom. The number of hydrazone groups is 1. The highest BCUT2D eigenvalue weighted by Gasteiger charge is 2.29. The molecule has 4 nitrogen and oxygen atoms in total. The summed E-state index contributed by atoms with van der Waals surface area (Å²) >= 11 is 0. The van der Waals surface area contributed by atoms with Crippen LogP contribution in [-0.2, 0) is 12.8 Å². The first kappa shape index (κ1) is 18.2. The molecule has 0 aliphatic carbocycles. The minimum absolute atomic E-state index is 0.157. The Labute approximate surface area is 155 Å². The number of ether oxygens (including phenoxy) is 1. The molecule has 0 radical (unpaired) electrons. The number of hydrogen-bond acceptors (Lipinski definition) is 3. The van der Waals surface area contributed by atoms with Gasteiger partial charge in [-0.1, -0.05) is 25.5 Å². The predicted molar refractivity (Wildman–Crippen MR) is 105 cm³/mol. The summed E-state index contributed by atoms with van der Waals surface area (Å²) in [4.78, 5) is 12.2. The summed E-state index contributed by atoms with van der Waals surface area (Å²) in [5.41, 5.74) is 6.43. The van der Waals surface area contributed by atoms with Crippen LogP contribution in [0.2, 0.25) is 0 Å². The van der Waals surface area contributed by atoms with E-state index in [4.69, 9.17) is 4.74 Å². The van der Waals surface area contributed by atoms with Gasteiger partial charge in [0.25, 0.3) is 5.91 Å². The van der Waals surface area contributed by atoms with Gasteiger partial charge in [0.15, 0.2) is 0 Å². The number of carbonyl (C=O) groups excluding carboxylic acids is 1. The monoisotopic (exact) mass is 350 g/mol. The Hall–Kier alpha value is -2.62. The third-order valence-corrected chi connectivity index (χ3v) is 4.50. The molecule has 4 heteroatoms. The summed E-state index contributed by atoms with van der Waals surface area (Å²) in [6.45, 7) is 6.33. The van der Waals surface area contributed by atoms with Crippen molar-refractivity contribution < 1.29 is 9.53 Å². The van der Waals surface area contributed by atoms with Gasteiger partial charge >= 0.3 is 0 Å². The number of carbonyl (C=O) groups is 1. The highest BCUT2D eigenvalue weighted by atomic mass is 16.5. The molecule has 0 unspecified atom stereocenters. The average Bonchev–Trinajstić information content (AvgIpc) is 2.93. The van der Waals surface area contributed by atoms with E-state index in [0.717, 1.165) is 24.2 Å². The number of benzene rings is 2. The van der Waals surface area contributed by atoms with Crippen molar-refractivity contribution in [3.8, 4) is 5.75 Å². The Morgan fingerprint density at radius 1 is 1.23 bits per heavy atom. The van der Waals surface area contributed by atoms with Crippen LogP contribution in [0.25, 0.3) is 0 Å². The van der Waals surface area contributed by atoms with Gasteiger partial charge in [-0.2, -0.15) is 5.10 Å². The molecule has 0 bridgehead atoms. The zero-order valence-electron chi connectivity index (χ0n) is 15.7. The first-order valence-corrected chi connectivity index (χ1v) is 9.21. The third-order valence-electron chi connectivity index (χ3n) is 4.50. The number of aryl methyl sites for hydroxylation is 1. The molecule has 1 aliphatic rings. The molecule has 1 N–H and O–H groups in total. The summed E-state index contributed by atoms with van der Waals surface area (Å²) in [5.74, 6) is 0.730. The molecular weight excluding hydrogens is 324 g/mol. The van der Waals surface area contributed by atoms with Crippen LogP contribution in [0.5, 0.6) is 5.75 Å². The van der Waals surface area contributed by atoms with Crippen LogP contribution in [0.15, 0.2) is 47.6 Å². The topological polar surface area (TPSA) is 50.7 Å². The first-order valence-electron chi connectivity index (χ1n) is 9.21. The molecule has 0 saturated heterocycles. The van der Waals surface area contributed by atoms with Crippen LogP contribution >= 0.6 is 0 Å². The van der Waals surface area contributed by atoms with Gasteiger partial charge in [-0.15, -0.1) is 0 Å². The fraction of sp³-hybridized carbons (Fsp3) is 0.364. The normalized spacial score (nSPS) is 14.9. The van der Waals surface area contributed by atoms with Crippen molar-refractivity contribution in [1.29, 1.82) is 0 Å². The molecule has 1 amide bonds. The number of rotatable bonds is 6. The van der Waals surface area contributed by atoms with E-state index in [1.54, 1.807) is 6.21 Å². The quantitative estimate of drug-likeness (QED) is 0.616. The van der Waals surface area contributed by atoms with Gasteiger partial charge in [0.2, 0.25) is 0 Å². The number of nitrogens with zero attached hydrogens (tertiary/aromatic N) is 1. The van der Waals surface area contributed by atoms with Gasteiger partial charge in [-0.05, 0) is 73.7 Å². The van der Waals surface area contributed by atoms with Crippen molar-refractivity contribution in [3.05, 3.63) is 64.7 Å². The maximum absolute atomic E-state index is 12.2. The molecule has 2 aromatic carbocycles. The van der Waals surface area contributed by atoms with Gasteiger partial charge in [0, 0.05) is 12.0 Å². The molecule has 0 spiro atoms. The second-order valence-corrected chi connectivity index (χ2v) is 7.41. The van der Waals surface area contributed by atoms with Gasteiger partial charge in [-0.3, -0.25) is 4.79 Å². The summed E-state index contributed by atoms with van der Waals surface area (Å²) in [6.07, 6.45) is 5.93. The molecule has 0 aromatic heterocycles. The standard InChI is InChI=1S/C22H26N2O2/c1-4-5-6-16-7-10-18(11-8-16)21(25)24-23-15-17-9-12-20-19(13-17)14-22(2,3)26-20/h7-13,15H,4-6,14H2,1-3H3,(H,24,25)/b23-15+. The Kier molecular flexibility index (Phi) is 5.40. The number of fused-ring (bicyclic) bond motifs is 1. The summed E-state index contributed by atoms with van der Waals surface area (Å²) in [7, 11) is 0. The highest BCUT2D eigenvalue weighted by Crippen LogP contribution is 2.34. The fourth-order valence-corrected chi connectivity index (χ4v) is 3.14. The van der Waals surface area contributed by atoms with E-state index in [1.807, 2.05) is 36.4 Å². The maximum Gasteiger partial charge on any atom is 0.271 e. The molecule has 136 valence electrons. The van der Waals surface area contributed by atoms with E-state index < -0.39 is 0 Å². The van der Waals surface area contributed by atoms with Crippen molar-refractivity contribution in [2.75, 3.05) is 0 Å². The molecule has 0 saturated carbocycles. The van der Waals surface area contributed by atoms with E-state index >= 15 is 0 Å². The smallest absolute Gasteiger partial charge is 0.271 e. The summed E-state index contributed by atoms with van der Waals surface area (Å²) < 4.78 is 5.87. The highest BCUT2D eigenvalue weighted by molar-refractivity contribution is 5.94. The molecule has 1 aliphatic heterocycles. The lowest BCUT2D eigenvalue weighted by Gasteiger charge is -2.16. The van der Waals surface area contributed by atoms with Gasteiger partial charge < -0.3 is 4.74 Å². The van der Waals surface area contributed by atoms with E-state index in [1.165, 1.54) is 24.0 Å². The molecule has 2 aromatic rings. The van der Waals surface area contributed by atoms with Crippen LogP contribution in [0.3, 0.4) is 0 Å². The van der Waals surface area contributed by atoms with Gasteiger partial charge in [-0.25, -0.2) is 5.43 Å². The van der Waals surface area contributed by atoms with E-state index in [9.17, 15) is 4.79 Å². The SMILES string of the molecule is CCCCc1ccc(C(=O)N/N=C/c2ccc3c(c2)CC(C)(C)O3)cc1. The lowest BCUT2D eigenvalue weighted by molar-refractivity contribution is 0.0955. The average molecular weight is 350 g/mol. The largest absolute Gasteiger partial charge is 0.487 e. The van der Waals surface area contributed by atoms with E-state index in [0.29, 0.717) is 5.56 Å². The minimum atomic E-state index is -0.200. The van der Waals surface area contributed by atoms with Crippen molar-refractivity contribution in [3.63, 3.8) is 0 Å². The molecule has 0 fully saturated rings. The van der Waals surface area contributed by atoms with Crippen molar-refractivity contribution in [1.82, 2.24) is 5.43 Å². The summed E-state index contributed by atoms with van der Waals surface area (Å²) in [6, 6.07) is 13.7. The van der Waals surface area contributed by atoms with Crippen LogP contribution in [0, 0.1) is 0 Å². The maximum atomic E-state index is 12.2. The third kappa shape index (κ3) is 4.51. The molecular formula is C22H26N2O2. The van der Waals surface area contributed by atoms with E-state index in [-0.39, 0.29) is 11.5 Å². The molecule has 1 heterocycles. The predicted octanol–water partition coefficient (Wildman–Crippen LogP) is 4.51. The second-order valence-electron chi connectivity index (χ2n) is 7.41. The molecule has 26 heavy (non-hydrogen) atoms. The Balaban J connectivity index is 1.58. The number of unbranched alkanes of at least 4 members (excludes halogenated alkanes) is 1. The number of nitrogens with one attached hydrogen (secondary N) is 1. The molecule has 0 atom stereocenters. The zero-order valence-corrected chi connectivity index (χ0v) is 15.7. The number of hydrogen-bond donors (Lipinski definition) is 1. The first-order chi connectivity index (χ1) is 12.5. The van der Waals surface area contributed by atoms with Crippen LogP contribution in [0.4, 0.5) is 0 Å². The summed E-state index contributed by atoms with van der Waals surface area (Å²) in [5, 5.41) is 4.09. The van der Waals surface area contributed by atoms with Gasteiger partial charge in [0.05, 0.1) is 6.21 Å². The lowest BCUT2D eigenvalue weighted by Crippen LogP contribution is -2.24. The number of amides is 1. The second kappa shape index (κ2) is 7.73. The van der Waals surface area contributed by atoms with Crippen LogP contribution < -0.4 is 10.2 Å². The molecule has 3 rings (SSSR count). The fourth-order valence-electron chi connectivity index (χ4n) is 3.14. The zero-order chi connectivity index (χ0) is 18.6. The minimum Gasteiger partial charge on any atom is -0.487 e. The van der Waals surface area contributed by atoms with E-state index in [2.05, 4.69) is 37.4 Å². The van der Waals surface area contributed by atoms with Crippen molar-refractivity contribution >= 4 is 12.1 Å². The van der Waals surface area contributed by atoms with Crippen molar-refractivity contribution in [2.45, 2.75) is 52.1 Å². The van der Waals surface area contributed by atoms with Crippen molar-refractivity contribution in [2.24, 2.45) is 5.10 Å². The lowest BCUT2D eigenvalue weighted by atomic mass is 10.0.